The highest BCUT2D eigenvalue weighted by molar-refractivity contribution is 5.78. The van der Waals surface area contributed by atoms with E-state index in [4.69, 9.17) is 0 Å². The summed E-state index contributed by atoms with van der Waals surface area (Å²) >= 11 is 0. The van der Waals surface area contributed by atoms with Gasteiger partial charge in [0.05, 0.1) is 6.42 Å². The van der Waals surface area contributed by atoms with Crippen molar-refractivity contribution in [3.63, 3.8) is 0 Å². The highest BCUT2D eigenvalue weighted by atomic mass is 16.2. The third-order valence-corrected chi connectivity index (χ3v) is 2.99. The lowest BCUT2D eigenvalue weighted by molar-refractivity contribution is -0.132. The third kappa shape index (κ3) is 3.27. The van der Waals surface area contributed by atoms with Crippen LogP contribution < -0.4 is 5.32 Å². The molecule has 2 atom stereocenters. The zero-order valence-corrected chi connectivity index (χ0v) is 10.4. The normalized spacial score (nSPS) is 24.7. The second-order valence-electron chi connectivity index (χ2n) is 4.81. The Bertz CT molecular complexity index is 370. The average Bonchev–Trinajstić information content (AvgIpc) is 2.29. The van der Waals surface area contributed by atoms with Crippen LogP contribution in [-0.4, -0.2) is 41.0 Å². The monoisotopic (exact) mass is 233 g/mol. The molecule has 2 rings (SSSR count). The van der Waals surface area contributed by atoms with Gasteiger partial charge < -0.3 is 10.2 Å². The van der Waals surface area contributed by atoms with Crippen LogP contribution >= 0.6 is 0 Å². The maximum Gasteiger partial charge on any atom is 0.227 e. The molecular formula is C13H19N3O. The summed E-state index contributed by atoms with van der Waals surface area (Å²) in [7, 11) is 0. The molecule has 0 saturated carbocycles. The van der Waals surface area contributed by atoms with Crippen molar-refractivity contribution in [2.24, 2.45) is 0 Å². The van der Waals surface area contributed by atoms with Crippen molar-refractivity contribution < 1.29 is 4.79 Å². The van der Waals surface area contributed by atoms with Crippen molar-refractivity contribution in [1.82, 2.24) is 15.2 Å². The van der Waals surface area contributed by atoms with Crippen LogP contribution in [0.25, 0.3) is 0 Å². The molecule has 1 saturated heterocycles. The first-order valence-corrected chi connectivity index (χ1v) is 6.08. The van der Waals surface area contributed by atoms with Gasteiger partial charge in [-0.1, -0.05) is 6.07 Å². The quantitative estimate of drug-likeness (QED) is 0.823. The van der Waals surface area contributed by atoms with E-state index in [1.807, 2.05) is 17.0 Å². The van der Waals surface area contributed by atoms with E-state index < -0.39 is 0 Å². The summed E-state index contributed by atoms with van der Waals surface area (Å²) in [6.45, 7) is 5.81. The summed E-state index contributed by atoms with van der Waals surface area (Å²) in [4.78, 5) is 18.1. The predicted octanol–water partition coefficient (Wildman–Crippen LogP) is 0.833. The molecule has 0 aliphatic carbocycles. The van der Waals surface area contributed by atoms with E-state index in [-0.39, 0.29) is 5.91 Å². The van der Waals surface area contributed by atoms with Gasteiger partial charge in [-0.05, 0) is 25.5 Å². The van der Waals surface area contributed by atoms with Crippen molar-refractivity contribution in [2.75, 3.05) is 13.1 Å². The number of pyridine rings is 1. The molecule has 1 aromatic rings. The molecular weight excluding hydrogens is 214 g/mol. The summed E-state index contributed by atoms with van der Waals surface area (Å²) in [6, 6.07) is 4.55. The molecule has 1 aromatic heterocycles. The van der Waals surface area contributed by atoms with Gasteiger partial charge >= 0.3 is 0 Å². The molecule has 17 heavy (non-hydrogen) atoms. The van der Waals surface area contributed by atoms with Gasteiger partial charge in [0.1, 0.15) is 0 Å². The smallest absolute Gasteiger partial charge is 0.227 e. The topological polar surface area (TPSA) is 45.2 Å². The van der Waals surface area contributed by atoms with Gasteiger partial charge in [0, 0.05) is 37.6 Å². The van der Waals surface area contributed by atoms with Gasteiger partial charge in [0.2, 0.25) is 5.91 Å². The van der Waals surface area contributed by atoms with Gasteiger partial charge in [-0.15, -0.1) is 0 Å². The minimum absolute atomic E-state index is 0.193. The minimum Gasteiger partial charge on any atom is -0.339 e. The van der Waals surface area contributed by atoms with Crippen LogP contribution in [-0.2, 0) is 11.2 Å². The number of hydrogen-bond acceptors (Lipinski definition) is 3. The van der Waals surface area contributed by atoms with Crippen LogP contribution in [0.3, 0.4) is 0 Å². The summed E-state index contributed by atoms with van der Waals surface area (Å²) in [5.41, 5.74) is 0.983. The van der Waals surface area contributed by atoms with Gasteiger partial charge in [-0.3, -0.25) is 9.78 Å². The SMILES string of the molecule is C[C@@H]1CN(C(=O)Cc2cccnc2)C[C@H](C)N1. The van der Waals surface area contributed by atoms with Crippen LogP contribution in [0, 0.1) is 0 Å². The second-order valence-corrected chi connectivity index (χ2v) is 4.81. The number of piperazine rings is 1. The first-order valence-electron chi connectivity index (χ1n) is 6.08. The predicted molar refractivity (Wildman–Crippen MR) is 66.6 cm³/mol. The number of carbonyl (C=O) groups excluding carboxylic acids is 1. The molecule has 1 aliphatic rings. The summed E-state index contributed by atoms with van der Waals surface area (Å²) < 4.78 is 0. The molecule has 0 spiro atoms. The zero-order valence-electron chi connectivity index (χ0n) is 10.4. The number of aromatic nitrogens is 1. The largest absolute Gasteiger partial charge is 0.339 e. The Morgan fingerprint density at radius 2 is 2.18 bits per heavy atom. The highest BCUT2D eigenvalue weighted by Gasteiger charge is 2.24. The van der Waals surface area contributed by atoms with Crippen molar-refractivity contribution >= 4 is 5.91 Å². The Morgan fingerprint density at radius 3 is 2.76 bits per heavy atom. The van der Waals surface area contributed by atoms with E-state index in [9.17, 15) is 4.79 Å². The third-order valence-electron chi connectivity index (χ3n) is 2.99. The molecule has 1 N–H and O–H groups in total. The molecule has 0 unspecified atom stereocenters. The van der Waals surface area contributed by atoms with Gasteiger partial charge in [-0.25, -0.2) is 0 Å². The number of nitrogens with zero attached hydrogens (tertiary/aromatic N) is 2. The highest BCUT2D eigenvalue weighted by Crippen LogP contribution is 2.07. The van der Waals surface area contributed by atoms with Gasteiger partial charge in [0.25, 0.3) is 0 Å². The Hall–Kier alpha value is -1.42. The molecule has 2 heterocycles. The van der Waals surface area contributed by atoms with Crippen LogP contribution in [0.1, 0.15) is 19.4 Å². The van der Waals surface area contributed by atoms with Crippen molar-refractivity contribution in [1.29, 1.82) is 0 Å². The lowest BCUT2D eigenvalue weighted by Crippen LogP contribution is -2.56. The number of amides is 1. The fourth-order valence-electron chi connectivity index (χ4n) is 2.32. The van der Waals surface area contributed by atoms with E-state index in [2.05, 4.69) is 24.1 Å². The van der Waals surface area contributed by atoms with Crippen LogP contribution in [0.2, 0.25) is 0 Å². The Balaban J connectivity index is 1.96. The first kappa shape index (κ1) is 12.0. The van der Waals surface area contributed by atoms with Crippen LogP contribution in [0.5, 0.6) is 0 Å². The summed E-state index contributed by atoms with van der Waals surface area (Å²) in [5, 5.41) is 3.42. The lowest BCUT2D eigenvalue weighted by Gasteiger charge is -2.36. The second kappa shape index (κ2) is 5.27. The molecule has 4 heteroatoms. The minimum atomic E-state index is 0.193. The van der Waals surface area contributed by atoms with Crippen LogP contribution in [0.4, 0.5) is 0 Å². The molecule has 4 nitrogen and oxygen atoms in total. The maximum atomic E-state index is 12.1. The maximum absolute atomic E-state index is 12.1. The lowest BCUT2D eigenvalue weighted by atomic mass is 10.1. The Kier molecular flexibility index (Phi) is 3.74. The molecule has 0 bridgehead atoms. The average molecular weight is 233 g/mol. The standard InChI is InChI=1S/C13H19N3O/c1-10-8-16(9-11(2)15-10)13(17)6-12-4-3-5-14-7-12/h3-5,7,10-11,15H,6,8-9H2,1-2H3/t10-,11+. The van der Waals surface area contributed by atoms with E-state index in [0.717, 1.165) is 18.7 Å². The molecule has 92 valence electrons. The van der Waals surface area contributed by atoms with E-state index in [0.29, 0.717) is 18.5 Å². The van der Waals surface area contributed by atoms with Crippen molar-refractivity contribution in [3.8, 4) is 0 Å². The summed E-state index contributed by atoms with van der Waals surface area (Å²) in [6.07, 6.45) is 3.93. The van der Waals surface area contributed by atoms with Crippen LogP contribution in [0.15, 0.2) is 24.5 Å². The fraction of sp³-hybridized carbons (Fsp3) is 0.538. The Morgan fingerprint density at radius 1 is 1.47 bits per heavy atom. The van der Waals surface area contributed by atoms with E-state index in [1.54, 1.807) is 12.4 Å². The molecule has 1 aliphatic heterocycles. The fourth-order valence-corrected chi connectivity index (χ4v) is 2.32. The Labute approximate surface area is 102 Å². The molecule has 0 radical (unpaired) electrons. The van der Waals surface area contributed by atoms with E-state index >= 15 is 0 Å². The van der Waals surface area contributed by atoms with Gasteiger partial charge in [-0.2, -0.15) is 0 Å². The zero-order chi connectivity index (χ0) is 12.3. The molecule has 0 aromatic carbocycles. The number of rotatable bonds is 2. The first-order chi connectivity index (χ1) is 8.15. The van der Waals surface area contributed by atoms with Gasteiger partial charge in [0.15, 0.2) is 0 Å². The van der Waals surface area contributed by atoms with E-state index in [1.165, 1.54) is 0 Å². The number of carbonyl (C=O) groups is 1. The van der Waals surface area contributed by atoms with Crippen molar-refractivity contribution in [3.05, 3.63) is 30.1 Å². The number of hydrogen-bond donors (Lipinski definition) is 1. The number of nitrogens with one attached hydrogen (secondary N) is 1. The molecule has 1 amide bonds. The van der Waals surface area contributed by atoms with Crippen molar-refractivity contribution in [2.45, 2.75) is 32.4 Å². The molecule has 1 fully saturated rings. The summed E-state index contributed by atoms with van der Waals surface area (Å²) in [5.74, 6) is 0.193.